The zero-order valence-corrected chi connectivity index (χ0v) is 13.8. The van der Waals surface area contributed by atoms with Crippen LogP contribution >= 0.6 is 0 Å². The maximum atomic E-state index is 12.7. The molecule has 1 aromatic rings. The Labute approximate surface area is 137 Å². The Kier molecular flexibility index (Phi) is 4.61. The summed E-state index contributed by atoms with van der Waals surface area (Å²) in [7, 11) is 3.47. The van der Waals surface area contributed by atoms with Crippen LogP contribution in [0.15, 0.2) is 24.5 Å². The fourth-order valence-corrected chi connectivity index (χ4v) is 3.50. The van der Waals surface area contributed by atoms with Gasteiger partial charge in [0.1, 0.15) is 6.54 Å². The van der Waals surface area contributed by atoms with Gasteiger partial charge >= 0.3 is 0 Å². The van der Waals surface area contributed by atoms with Gasteiger partial charge in [-0.3, -0.25) is 19.5 Å². The molecule has 0 N–H and O–H groups in total. The highest BCUT2D eigenvalue weighted by Crippen LogP contribution is 2.29. The third-order valence-corrected chi connectivity index (χ3v) is 4.83. The second-order valence-electron chi connectivity index (χ2n) is 6.73. The van der Waals surface area contributed by atoms with E-state index in [9.17, 15) is 9.59 Å². The van der Waals surface area contributed by atoms with E-state index < -0.39 is 0 Å². The van der Waals surface area contributed by atoms with Crippen LogP contribution in [-0.2, 0) is 16.1 Å². The molecule has 124 valence electrons. The molecule has 1 aromatic heterocycles. The first-order valence-corrected chi connectivity index (χ1v) is 8.16. The molecule has 4 heterocycles. The van der Waals surface area contributed by atoms with Gasteiger partial charge in [0.15, 0.2) is 0 Å². The van der Waals surface area contributed by atoms with Crippen molar-refractivity contribution < 1.29 is 9.59 Å². The first kappa shape index (κ1) is 15.9. The van der Waals surface area contributed by atoms with Gasteiger partial charge in [0.2, 0.25) is 11.8 Å². The molecule has 3 saturated heterocycles. The average Bonchev–Trinajstić information content (AvgIpc) is 2.80. The van der Waals surface area contributed by atoms with Crippen LogP contribution in [0, 0.1) is 5.92 Å². The van der Waals surface area contributed by atoms with Crippen molar-refractivity contribution in [3.05, 3.63) is 30.1 Å². The van der Waals surface area contributed by atoms with Gasteiger partial charge in [-0.15, -0.1) is 0 Å². The molecule has 23 heavy (non-hydrogen) atoms. The second kappa shape index (κ2) is 6.66. The first-order valence-electron chi connectivity index (χ1n) is 8.16. The molecule has 6 heteroatoms. The summed E-state index contributed by atoms with van der Waals surface area (Å²) in [4.78, 5) is 34.5. The smallest absolute Gasteiger partial charge is 0.241 e. The number of carbonyl (C=O) groups excluding carboxylic acids is 2. The molecule has 3 aliphatic heterocycles. The predicted octanol–water partition coefficient (Wildman–Crippen LogP) is 0.593. The largest absolute Gasteiger partial charge is 0.347 e. The number of nitrogens with zero attached hydrogens (tertiary/aromatic N) is 4. The van der Waals surface area contributed by atoms with E-state index in [-0.39, 0.29) is 30.3 Å². The van der Waals surface area contributed by atoms with Gasteiger partial charge in [-0.1, -0.05) is 0 Å². The summed E-state index contributed by atoms with van der Waals surface area (Å²) in [5.41, 5.74) is 1.21. The lowest BCUT2D eigenvalue weighted by Gasteiger charge is -2.36. The summed E-state index contributed by atoms with van der Waals surface area (Å²) >= 11 is 0. The van der Waals surface area contributed by atoms with Crippen LogP contribution in [0.4, 0.5) is 0 Å². The van der Waals surface area contributed by atoms with Crippen molar-refractivity contribution in [2.45, 2.75) is 25.4 Å². The van der Waals surface area contributed by atoms with E-state index >= 15 is 0 Å². The molecule has 0 aliphatic carbocycles. The fraction of sp³-hybridized carbons (Fsp3) is 0.588. The molecule has 0 radical (unpaired) electrons. The summed E-state index contributed by atoms with van der Waals surface area (Å²) in [6.45, 7) is 2.66. The van der Waals surface area contributed by atoms with Crippen molar-refractivity contribution in [3.63, 3.8) is 0 Å². The molecule has 6 nitrogen and oxygen atoms in total. The molecule has 2 bridgehead atoms. The minimum absolute atomic E-state index is 0.00779. The molecule has 3 fully saturated rings. The lowest BCUT2D eigenvalue weighted by molar-refractivity contribution is -0.145. The third-order valence-electron chi connectivity index (χ3n) is 4.83. The topological polar surface area (TPSA) is 56.8 Å². The van der Waals surface area contributed by atoms with Crippen molar-refractivity contribution in [3.8, 4) is 0 Å². The molecular weight excluding hydrogens is 292 g/mol. The summed E-state index contributed by atoms with van der Waals surface area (Å²) in [6, 6.07) is 4.18. The number of hydrogen-bond donors (Lipinski definition) is 0. The van der Waals surface area contributed by atoms with Gasteiger partial charge in [-0.25, -0.2) is 0 Å². The molecule has 3 aliphatic rings. The Morgan fingerprint density at radius 3 is 2.70 bits per heavy atom. The number of carbonyl (C=O) groups is 2. The van der Waals surface area contributed by atoms with E-state index in [1.54, 1.807) is 31.4 Å². The molecule has 4 rings (SSSR count). The molecule has 0 aromatic carbocycles. The van der Waals surface area contributed by atoms with Crippen LogP contribution in [0.5, 0.6) is 0 Å². The standard InChI is InChI=1S/C17H24N4O2/c1-19(2)16(22)12-21-15-4-3-14(17(21)23)10-20(11-15)9-13-5-7-18-8-6-13/h5-8,14-15H,3-4,9-12H2,1-2H3/t14-,15+/m0/s1. The zero-order chi connectivity index (χ0) is 16.4. The average molecular weight is 316 g/mol. The Morgan fingerprint density at radius 1 is 1.26 bits per heavy atom. The van der Waals surface area contributed by atoms with E-state index in [1.165, 1.54) is 5.56 Å². The Bertz CT molecular complexity index is 575. The zero-order valence-electron chi connectivity index (χ0n) is 13.8. The Morgan fingerprint density at radius 2 is 2.00 bits per heavy atom. The van der Waals surface area contributed by atoms with Crippen LogP contribution < -0.4 is 0 Å². The highest BCUT2D eigenvalue weighted by molar-refractivity contribution is 5.86. The second-order valence-corrected chi connectivity index (χ2v) is 6.73. The van der Waals surface area contributed by atoms with Crippen molar-refractivity contribution in [2.75, 3.05) is 33.7 Å². The number of pyridine rings is 1. The van der Waals surface area contributed by atoms with Gasteiger partial charge in [0.25, 0.3) is 0 Å². The summed E-state index contributed by atoms with van der Waals surface area (Å²) < 4.78 is 0. The Hall–Kier alpha value is -1.95. The molecule has 2 atom stereocenters. The summed E-state index contributed by atoms with van der Waals surface area (Å²) in [5.74, 6) is 0.158. The van der Waals surface area contributed by atoms with Gasteiger partial charge in [-0.05, 0) is 30.5 Å². The minimum atomic E-state index is -0.00779. The molecule has 2 amide bonds. The molecule has 0 spiro atoms. The number of aromatic nitrogens is 1. The van der Waals surface area contributed by atoms with Crippen LogP contribution in [-0.4, -0.2) is 71.3 Å². The van der Waals surface area contributed by atoms with E-state index in [0.717, 1.165) is 32.5 Å². The molecule has 0 saturated carbocycles. The fourth-order valence-electron chi connectivity index (χ4n) is 3.50. The minimum Gasteiger partial charge on any atom is -0.347 e. The normalized spacial score (nSPS) is 24.6. The van der Waals surface area contributed by atoms with Gasteiger partial charge < -0.3 is 9.80 Å². The maximum absolute atomic E-state index is 12.7. The SMILES string of the molecule is CN(C)C(=O)CN1C(=O)[C@H]2CC[C@@H]1CN(Cc1ccncc1)C2. The number of fused-ring (bicyclic) bond motifs is 4. The molecular formula is C17H24N4O2. The van der Waals surface area contributed by atoms with E-state index in [2.05, 4.69) is 9.88 Å². The summed E-state index contributed by atoms with van der Waals surface area (Å²) in [5, 5.41) is 0. The van der Waals surface area contributed by atoms with Gasteiger partial charge in [0.05, 0.1) is 5.92 Å². The van der Waals surface area contributed by atoms with Gasteiger partial charge in [-0.2, -0.15) is 0 Å². The lowest BCUT2D eigenvalue weighted by atomic mass is 9.94. The van der Waals surface area contributed by atoms with Crippen molar-refractivity contribution >= 4 is 11.8 Å². The number of hydrogen-bond acceptors (Lipinski definition) is 4. The predicted molar refractivity (Wildman–Crippen MR) is 86.4 cm³/mol. The van der Waals surface area contributed by atoms with E-state index in [1.807, 2.05) is 17.0 Å². The third kappa shape index (κ3) is 3.52. The Balaban J connectivity index is 1.71. The summed E-state index contributed by atoms with van der Waals surface area (Å²) in [6.07, 6.45) is 5.52. The number of likely N-dealkylation sites (N-methyl/N-ethyl adjacent to an activating group) is 1. The van der Waals surface area contributed by atoms with Crippen molar-refractivity contribution in [2.24, 2.45) is 5.92 Å². The maximum Gasteiger partial charge on any atom is 0.241 e. The van der Waals surface area contributed by atoms with Crippen molar-refractivity contribution in [1.29, 1.82) is 0 Å². The van der Waals surface area contributed by atoms with Crippen LogP contribution in [0.25, 0.3) is 0 Å². The number of amides is 2. The number of piperidine rings is 1. The monoisotopic (exact) mass is 316 g/mol. The highest BCUT2D eigenvalue weighted by Gasteiger charge is 2.41. The van der Waals surface area contributed by atoms with Crippen LogP contribution in [0.1, 0.15) is 18.4 Å². The van der Waals surface area contributed by atoms with Crippen molar-refractivity contribution in [1.82, 2.24) is 19.7 Å². The highest BCUT2D eigenvalue weighted by atomic mass is 16.2. The lowest BCUT2D eigenvalue weighted by Crippen LogP contribution is -2.51. The van der Waals surface area contributed by atoms with E-state index in [4.69, 9.17) is 0 Å². The molecule has 0 unspecified atom stereocenters. The quantitative estimate of drug-likeness (QED) is 0.816. The van der Waals surface area contributed by atoms with Crippen LogP contribution in [0.2, 0.25) is 0 Å². The first-order chi connectivity index (χ1) is 11.0. The van der Waals surface area contributed by atoms with Gasteiger partial charge in [0, 0.05) is 52.2 Å². The van der Waals surface area contributed by atoms with E-state index in [0.29, 0.717) is 0 Å². The van der Waals surface area contributed by atoms with Crippen LogP contribution in [0.3, 0.4) is 0 Å². The number of rotatable bonds is 4.